The smallest absolute Gasteiger partial charge is 0.404 e. The van der Waals surface area contributed by atoms with Crippen molar-refractivity contribution in [1.82, 2.24) is 20.3 Å². The second kappa shape index (κ2) is 6.91. The summed E-state index contributed by atoms with van der Waals surface area (Å²) in [7, 11) is 1.58. The van der Waals surface area contributed by atoms with Crippen LogP contribution in [0.1, 0.15) is 5.69 Å². The molecule has 0 aliphatic rings. The quantitative estimate of drug-likeness (QED) is 0.748. The van der Waals surface area contributed by atoms with Crippen molar-refractivity contribution in [3.63, 3.8) is 0 Å². The lowest BCUT2D eigenvalue weighted by atomic mass is 10.1. The zero-order valence-electron chi connectivity index (χ0n) is 13.1. The first-order chi connectivity index (χ1) is 11.7. The molecule has 0 saturated heterocycles. The van der Waals surface area contributed by atoms with Crippen molar-refractivity contribution in [3.8, 4) is 17.0 Å². The van der Waals surface area contributed by atoms with E-state index in [0.717, 1.165) is 27.9 Å². The Labute approximate surface area is 138 Å². The third kappa shape index (κ3) is 3.40. The number of hydrogen-bond acceptors (Lipinski definition) is 5. The van der Waals surface area contributed by atoms with Gasteiger partial charge in [-0.1, -0.05) is 6.07 Å². The molecule has 2 N–H and O–H groups in total. The Bertz CT molecular complexity index is 865. The van der Waals surface area contributed by atoms with Gasteiger partial charge in [-0.15, -0.1) is 0 Å². The van der Waals surface area contributed by atoms with E-state index in [4.69, 9.17) is 9.84 Å². The number of carboxylic acid groups (broad SMARTS) is 1. The van der Waals surface area contributed by atoms with Crippen molar-refractivity contribution >= 4 is 17.1 Å². The molecular formula is C17H16N4O3. The summed E-state index contributed by atoms with van der Waals surface area (Å²) in [5, 5.41) is 10.9. The van der Waals surface area contributed by atoms with E-state index < -0.39 is 6.09 Å². The van der Waals surface area contributed by atoms with Gasteiger partial charge in [-0.05, 0) is 18.2 Å². The Balaban J connectivity index is 1.88. The van der Waals surface area contributed by atoms with Gasteiger partial charge in [-0.3, -0.25) is 9.97 Å². The van der Waals surface area contributed by atoms with Gasteiger partial charge in [-0.25, -0.2) is 9.78 Å². The Morgan fingerprint density at radius 2 is 2.08 bits per heavy atom. The van der Waals surface area contributed by atoms with Crippen LogP contribution in [-0.4, -0.2) is 39.8 Å². The highest BCUT2D eigenvalue weighted by molar-refractivity contribution is 5.91. The van der Waals surface area contributed by atoms with Crippen LogP contribution in [0.15, 0.2) is 42.7 Å². The van der Waals surface area contributed by atoms with Crippen molar-refractivity contribution in [2.24, 2.45) is 0 Å². The van der Waals surface area contributed by atoms with Gasteiger partial charge < -0.3 is 15.2 Å². The fourth-order valence-corrected chi connectivity index (χ4v) is 2.38. The predicted octanol–water partition coefficient (Wildman–Crippen LogP) is 2.51. The number of aromatic nitrogens is 3. The summed E-state index contributed by atoms with van der Waals surface area (Å²) in [6.07, 6.45) is 2.99. The molecule has 0 saturated carbocycles. The molecule has 3 rings (SSSR count). The lowest BCUT2D eigenvalue weighted by Gasteiger charge is -2.08. The van der Waals surface area contributed by atoms with Crippen LogP contribution in [0.5, 0.6) is 5.88 Å². The second-order valence-electron chi connectivity index (χ2n) is 5.10. The lowest BCUT2D eigenvalue weighted by Crippen LogP contribution is -2.23. The molecule has 7 nitrogen and oxygen atoms in total. The lowest BCUT2D eigenvalue weighted by molar-refractivity contribution is 0.194. The van der Waals surface area contributed by atoms with E-state index >= 15 is 0 Å². The fraction of sp³-hybridized carbons (Fsp3) is 0.176. The maximum atomic E-state index is 10.5. The first-order valence-corrected chi connectivity index (χ1v) is 7.39. The van der Waals surface area contributed by atoms with Crippen molar-refractivity contribution in [3.05, 3.63) is 48.4 Å². The van der Waals surface area contributed by atoms with E-state index in [1.54, 1.807) is 25.6 Å². The van der Waals surface area contributed by atoms with Crippen LogP contribution in [0.4, 0.5) is 4.79 Å². The van der Waals surface area contributed by atoms with Gasteiger partial charge in [0.2, 0.25) is 5.88 Å². The zero-order chi connectivity index (χ0) is 16.9. The Hall–Kier alpha value is -3.22. The first-order valence-electron chi connectivity index (χ1n) is 7.39. The van der Waals surface area contributed by atoms with Gasteiger partial charge in [0, 0.05) is 48.2 Å². The molecule has 7 heteroatoms. The van der Waals surface area contributed by atoms with Crippen LogP contribution in [0.25, 0.3) is 22.2 Å². The molecular weight excluding hydrogens is 308 g/mol. The molecule has 0 bridgehead atoms. The second-order valence-corrected chi connectivity index (χ2v) is 5.10. The summed E-state index contributed by atoms with van der Waals surface area (Å²) in [5.74, 6) is 0.529. The summed E-state index contributed by atoms with van der Waals surface area (Å²) in [5.41, 5.74) is 4.18. The van der Waals surface area contributed by atoms with Crippen LogP contribution in [-0.2, 0) is 6.42 Å². The Morgan fingerprint density at radius 1 is 1.21 bits per heavy atom. The molecule has 0 fully saturated rings. The van der Waals surface area contributed by atoms with Gasteiger partial charge in [0.1, 0.15) is 5.52 Å². The molecule has 0 aromatic carbocycles. The van der Waals surface area contributed by atoms with Gasteiger partial charge in [0.15, 0.2) is 0 Å². The number of nitrogens with zero attached hydrogens (tertiary/aromatic N) is 3. The molecule has 0 atom stereocenters. The number of ether oxygens (including phenoxy) is 1. The average Bonchev–Trinajstić information content (AvgIpc) is 2.61. The number of rotatable bonds is 5. The van der Waals surface area contributed by atoms with Crippen molar-refractivity contribution in [2.45, 2.75) is 6.42 Å². The van der Waals surface area contributed by atoms with Gasteiger partial charge in [0.05, 0.1) is 12.6 Å². The summed E-state index contributed by atoms with van der Waals surface area (Å²) in [6.45, 7) is 0.332. The largest absolute Gasteiger partial charge is 0.481 e. The van der Waals surface area contributed by atoms with E-state index in [1.807, 2.05) is 24.3 Å². The highest BCUT2D eigenvalue weighted by Gasteiger charge is 2.08. The minimum atomic E-state index is -1.03. The van der Waals surface area contributed by atoms with Crippen LogP contribution >= 0.6 is 0 Å². The summed E-state index contributed by atoms with van der Waals surface area (Å²) >= 11 is 0. The summed E-state index contributed by atoms with van der Waals surface area (Å²) in [4.78, 5) is 23.6. The van der Waals surface area contributed by atoms with Crippen LogP contribution in [0.3, 0.4) is 0 Å². The average molecular weight is 324 g/mol. The third-order valence-electron chi connectivity index (χ3n) is 3.56. The number of amides is 1. The number of methoxy groups -OCH3 is 1. The molecule has 0 aliphatic heterocycles. The van der Waals surface area contributed by atoms with E-state index in [1.165, 1.54) is 0 Å². The molecule has 24 heavy (non-hydrogen) atoms. The third-order valence-corrected chi connectivity index (χ3v) is 3.56. The topological polar surface area (TPSA) is 97.2 Å². The maximum absolute atomic E-state index is 10.5. The molecule has 122 valence electrons. The van der Waals surface area contributed by atoms with Gasteiger partial charge >= 0.3 is 6.09 Å². The van der Waals surface area contributed by atoms with Crippen LogP contribution < -0.4 is 10.1 Å². The SMILES string of the molecule is COc1ccc2nccc(-c3ccc(CCNC(=O)O)nc3)c2n1. The van der Waals surface area contributed by atoms with Gasteiger partial charge in [0.25, 0.3) is 0 Å². The Kier molecular flexibility index (Phi) is 4.51. The molecule has 1 amide bonds. The van der Waals surface area contributed by atoms with Crippen molar-refractivity contribution in [2.75, 3.05) is 13.7 Å². The summed E-state index contributed by atoms with van der Waals surface area (Å²) < 4.78 is 5.19. The molecule has 3 heterocycles. The monoisotopic (exact) mass is 324 g/mol. The van der Waals surface area contributed by atoms with Crippen LogP contribution in [0, 0.1) is 0 Å². The van der Waals surface area contributed by atoms with Crippen molar-refractivity contribution < 1.29 is 14.6 Å². The minimum absolute atomic E-state index is 0.332. The summed E-state index contributed by atoms with van der Waals surface area (Å²) in [6, 6.07) is 9.35. The normalized spacial score (nSPS) is 10.5. The van der Waals surface area contributed by atoms with Gasteiger partial charge in [-0.2, -0.15) is 0 Å². The van der Waals surface area contributed by atoms with E-state index in [9.17, 15) is 4.79 Å². The van der Waals surface area contributed by atoms with E-state index in [-0.39, 0.29) is 0 Å². The molecule has 0 unspecified atom stereocenters. The Morgan fingerprint density at radius 3 is 2.79 bits per heavy atom. The van der Waals surface area contributed by atoms with E-state index in [0.29, 0.717) is 18.8 Å². The molecule has 3 aromatic heterocycles. The predicted molar refractivity (Wildman–Crippen MR) is 89.1 cm³/mol. The highest BCUT2D eigenvalue weighted by Crippen LogP contribution is 2.27. The maximum Gasteiger partial charge on any atom is 0.404 e. The standard InChI is InChI=1S/C17H16N4O3/c1-24-15-5-4-14-16(21-15)13(7-9-18-14)11-2-3-12(20-10-11)6-8-19-17(22)23/h2-5,7,9-10,19H,6,8H2,1H3,(H,22,23). The fourth-order valence-electron chi connectivity index (χ4n) is 2.38. The van der Waals surface area contributed by atoms with Crippen LogP contribution in [0.2, 0.25) is 0 Å². The van der Waals surface area contributed by atoms with E-state index in [2.05, 4.69) is 20.3 Å². The minimum Gasteiger partial charge on any atom is -0.481 e. The number of carbonyl (C=O) groups is 1. The number of pyridine rings is 3. The zero-order valence-corrected chi connectivity index (χ0v) is 13.1. The molecule has 0 aliphatic carbocycles. The number of fused-ring (bicyclic) bond motifs is 1. The van der Waals surface area contributed by atoms with Crippen molar-refractivity contribution in [1.29, 1.82) is 0 Å². The molecule has 0 radical (unpaired) electrons. The number of hydrogen-bond donors (Lipinski definition) is 2. The first kappa shape index (κ1) is 15.7. The molecule has 3 aromatic rings. The molecule has 0 spiro atoms. The highest BCUT2D eigenvalue weighted by atomic mass is 16.5. The number of nitrogens with one attached hydrogen (secondary N) is 1.